The molecule has 8 heteroatoms. The highest BCUT2D eigenvalue weighted by molar-refractivity contribution is 5.86. The molecule has 3 atom stereocenters. The lowest BCUT2D eigenvalue weighted by Crippen LogP contribution is -2.53. The van der Waals surface area contributed by atoms with Crippen LogP contribution in [-0.4, -0.2) is 78.5 Å². The van der Waals surface area contributed by atoms with Crippen LogP contribution in [0.1, 0.15) is 64.2 Å². The summed E-state index contributed by atoms with van der Waals surface area (Å²) in [6.07, 6.45) is 9.54. The maximum Gasteiger partial charge on any atom is 0.410 e. The van der Waals surface area contributed by atoms with E-state index in [1.54, 1.807) is 29.0 Å². The highest BCUT2D eigenvalue weighted by Crippen LogP contribution is 2.60. The van der Waals surface area contributed by atoms with E-state index in [0.29, 0.717) is 31.9 Å². The number of hydrogen-bond acceptors (Lipinski definition) is 6. The number of aliphatic hydroxyl groups excluding tert-OH is 1. The number of benzene rings is 1. The molecule has 208 valence electrons. The number of likely N-dealkylation sites (tertiary alicyclic amines) is 2. The van der Waals surface area contributed by atoms with Crippen LogP contribution in [0.4, 0.5) is 4.79 Å². The summed E-state index contributed by atoms with van der Waals surface area (Å²) in [5.74, 6) is 3.75. The molecule has 1 N–H and O–H groups in total. The van der Waals surface area contributed by atoms with Crippen LogP contribution in [0.2, 0.25) is 0 Å². The molecule has 6 fully saturated rings. The van der Waals surface area contributed by atoms with Crippen LogP contribution in [0.15, 0.2) is 24.3 Å². The Hall–Kier alpha value is -2.48. The Morgan fingerprint density at radius 3 is 2.21 bits per heavy atom. The van der Waals surface area contributed by atoms with Crippen molar-refractivity contribution >= 4 is 12.0 Å². The average molecular weight is 527 g/mol. The summed E-state index contributed by atoms with van der Waals surface area (Å²) < 4.78 is 16.9. The van der Waals surface area contributed by atoms with E-state index in [1.165, 1.54) is 38.5 Å². The van der Waals surface area contributed by atoms with E-state index in [4.69, 9.17) is 14.2 Å². The van der Waals surface area contributed by atoms with Gasteiger partial charge in [-0.3, -0.25) is 9.69 Å². The first-order chi connectivity index (χ1) is 18.4. The van der Waals surface area contributed by atoms with Gasteiger partial charge in [-0.2, -0.15) is 0 Å². The molecule has 7 rings (SSSR count). The van der Waals surface area contributed by atoms with Gasteiger partial charge in [0.15, 0.2) is 0 Å². The second-order valence-electron chi connectivity index (χ2n) is 12.6. The fourth-order valence-corrected chi connectivity index (χ4v) is 8.63. The summed E-state index contributed by atoms with van der Waals surface area (Å²) >= 11 is 0. The number of aliphatic hydroxyl groups is 1. The van der Waals surface area contributed by atoms with Crippen LogP contribution in [0.5, 0.6) is 11.5 Å². The molecule has 0 spiro atoms. The van der Waals surface area contributed by atoms with Crippen LogP contribution >= 0.6 is 0 Å². The molecule has 1 unspecified atom stereocenters. The van der Waals surface area contributed by atoms with Gasteiger partial charge in [0.1, 0.15) is 30.3 Å². The summed E-state index contributed by atoms with van der Waals surface area (Å²) in [4.78, 5) is 30.3. The molecule has 4 bridgehead atoms. The molecular formula is C30H42N2O6. The molecule has 2 heterocycles. The minimum absolute atomic E-state index is 0.0692. The Bertz CT molecular complexity index is 977. The largest absolute Gasteiger partial charge is 0.497 e. The van der Waals surface area contributed by atoms with Crippen LogP contribution in [-0.2, 0) is 9.53 Å². The number of carbonyl (C=O) groups is 2. The smallest absolute Gasteiger partial charge is 0.410 e. The molecule has 0 aromatic heterocycles. The van der Waals surface area contributed by atoms with Gasteiger partial charge in [-0.15, -0.1) is 0 Å². The van der Waals surface area contributed by atoms with Crippen LogP contribution < -0.4 is 9.47 Å². The summed E-state index contributed by atoms with van der Waals surface area (Å²) in [5.41, 5.74) is 0.164. The summed E-state index contributed by atoms with van der Waals surface area (Å²) in [5, 5.41) is 10.9. The second-order valence-corrected chi connectivity index (χ2v) is 12.6. The molecule has 38 heavy (non-hydrogen) atoms. The number of methoxy groups -OCH3 is 1. The van der Waals surface area contributed by atoms with Gasteiger partial charge in [-0.25, -0.2) is 4.79 Å². The molecule has 1 aromatic carbocycles. The van der Waals surface area contributed by atoms with Gasteiger partial charge in [-0.1, -0.05) is 0 Å². The van der Waals surface area contributed by atoms with E-state index in [9.17, 15) is 14.7 Å². The van der Waals surface area contributed by atoms with E-state index in [2.05, 4.69) is 0 Å². The Labute approximate surface area is 225 Å². The van der Waals surface area contributed by atoms with E-state index >= 15 is 0 Å². The van der Waals surface area contributed by atoms with Crippen LogP contribution in [0.25, 0.3) is 0 Å². The van der Waals surface area contributed by atoms with Crippen molar-refractivity contribution in [2.45, 2.75) is 82.4 Å². The first-order valence-corrected chi connectivity index (χ1v) is 14.6. The maximum absolute atomic E-state index is 13.7. The van der Waals surface area contributed by atoms with Crippen molar-refractivity contribution in [1.29, 1.82) is 0 Å². The van der Waals surface area contributed by atoms with Crippen molar-refractivity contribution < 1.29 is 28.9 Å². The first kappa shape index (κ1) is 25.8. The third-order valence-corrected chi connectivity index (χ3v) is 9.95. The number of carbonyl (C=O) groups excluding carboxylic acids is 2. The fourth-order valence-electron chi connectivity index (χ4n) is 8.63. The Morgan fingerprint density at radius 1 is 0.947 bits per heavy atom. The number of amides is 2. The van der Waals surface area contributed by atoms with Crippen molar-refractivity contribution in [2.75, 3.05) is 33.4 Å². The number of hydrogen-bond donors (Lipinski definition) is 1. The standard InChI is InChI=1S/C30H42N2O6/c1-36-23-6-8-24(9-7-23)37-18-27(33)25-4-2-10-31(25)28(34)26-5-3-11-32(26)29(35)38-19-30-15-20-12-21(16-30)14-22(13-20)17-30/h6-9,20-22,25-27,33H,2-5,10-19H2,1H3/t20?,21?,22?,25-,26-,27?,30?/m0/s1. The Morgan fingerprint density at radius 2 is 1.55 bits per heavy atom. The summed E-state index contributed by atoms with van der Waals surface area (Å²) in [6.45, 7) is 1.75. The van der Waals surface area contributed by atoms with Gasteiger partial charge >= 0.3 is 6.09 Å². The van der Waals surface area contributed by atoms with E-state index in [0.717, 1.165) is 42.8 Å². The van der Waals surface area contributed by atoms with Crippen molar-refractivity contribution in [3.63, 3.8) is 0 Å². The molecule has 4 aliphatic carbocycles. The maximum atomic E-state index is 13.7. The topological polar surface area (TPSA) is 88.5 Å². The van der Waals surface area contributed by atoms with Crippen molar-refractivity contribution in [1.82, 2.24) is 9.80 Å². The normalized spacial score (nSPS) is 34.4. The van der Waals surface area contributed by atoms with Gasteiger partial charge in [-0.05, 0) is 106 Å². The van der Waals surface area contributed by atoms with E-state index in [-0.39, 0.29) is 30.1 Å². The third-order valence-electron chi connectivity index (χ3n) is 9.95. The molecule has 0 radical (unpaired) electrons. The van der Waals surface area contributed by atoms with Gasteiger partial charge in [0.25, 0.3) is 0 Å². The molecule has 6 aliphatic rings. The zero-order valence-electron chi connectivity index (χ0n) is 22.6. The zero-order chi connectivity index (χ0) is 26.3. The lowest BCUT2D eigenvalue weighted by Gasteiger charge is -2.56. The lowest BCUT2D eigenvalue weighted by atomic mass is 9.50. The van der Waals surface area contributed by atoms with Crippen molar-refractivity contribution in [3.05, 3.63) is 24.3 Å². The minimum atomic E-state index is -0.804. The first-order valence-electron chi connectivity index (χ1n) is 14.6. The predicted octanol–water partition coefficient (Wildman–Crippen LogP) is 4.24. The highest BCUT2D eigenvalue weighted by atomic mass is 16.6. The Balaban J connectivity index is 1.04. The molecular weight excluding hydrogens is 484 g/mol. The fraction of sp³-hybridized carbons (Fsp3) is 0.733. The molecule has 1 aromatic rings. The second kappa shape index (κ2) is 10.6. The van der Waals surface area contributed by atoms with E-state index in [1.807, 2.05) is 12.1 Å². The molecule has 4 saturated carbocycles. The third kappa shape index (κ3) is 5.08. The number of nitrogens with zero attached hydrogens (tertiary/aromatic N) is 2. The average Bonchev–Trinajstić information content (AvgIpc) is 3.60. The SMILES string of the molecule is COc1ccc(OCC(O)[C@@H]2CCCN2C(=O)[C@@H]2CCCN2C(=O)OCC23CC4CC(CC(C4)C2)C3)cc1. The summed E-state index contributed by atoms with van der Waals surface area (Å²) in [7, 11) is 1.61. The van der Waals surface area contributed by atoms with Crippen molar-refractivity contribution in [2.24, 2.45) is 23.2 Å². The van der Waals surface area contributed by atoms with Gasteiger partial charge < -0.3 is 24.2 Å². The summed E-state index contributed by atoms with van der Waals surface area (Å²) in [6, 6.07) is 6.40. The number of rotatable bonds is 8. The van der Waals surface area contributed by atoms with E-state index < -0.39 is 12.1 Å². The van der Waals surface area contributed by atoms with Gasteiger partial charge in [0, 0.05) is 18.5 Å². The predicted molar refractivity (Wildman–Crippen MR) is 141 cm³/mol. The minimum Gasteiger partial charge on any atom is -0.497 e. The molecule has 8 nitrogen and oxygen atoms in total. The van der Waals surface area contributed by atoms with Gasteiger partial charge in [0.2, 0.25) is 5.91 Å². The van der Waals surface area contributed by atoms with Gasteiger partial charge in [0.05, 0.1) is 19.8 Å². The molecule has 2 aliphatic heterocycles. The monoisotopic (exact) mass is 526 g/mol. The number of ether oxygens (including phenoxy) is 3. The van der Waals surface area contributed by atoms with Crippen molar-refractivity contribution in [3.8, 4) is 11.5 Å². The highest BCUT2D eigenvalue weighted by Gasteiger charge is 2.52. The Kier molecular flexibility index (Phi) is 7.18. The quantitative estimate of drug-likeness (QED) is 0.545. The molecule has 2 amide bonds. The molecule has 2 saturated heterocycles. The zero-order valence-corrected chi connectivity index (χ0v) is 22.6. The van der Waals surface area contributed by atoms with Crippen LogP contribution in [0, 0.1) is 23.2 Å². The lowest BCUT2D eigenvalue weighted by molar-refractivity contribution is -0.139. The van der Waals surface area contributed by atoms with Crippen LogP contribution in [0.3, 0.4) is 0 Å².